The van der Waals surface area contributed by atoms with Gasteiger partial charge in [-0.2, -0.15) is 0 Å². The van der Waals surface area contributed by atoms with Crippen molar-refractivity contribution in [3.8, 4) is 0 Å². The molecule has 2 N–H and O–H groups in total. The van der Waals surface area contributed by atoms with Gasteiger partial charge in [0.15, 0.2) is 5.92 Å². The number of aliphatic carboxylic acids is 2. The molecule has 0 bridgehead atoms. The molecule has 0 unspecified atom stereocenters. The molecule has 0 spiro atoms. The van der Waals surface area contributed by atoms with Crippen LogP contribution in [0.3, 0.4) is 0 Å². The van der Waals surface area contributed by atoms with Crippen molar-refractivity contribution in [1.29, 1.82) is 0 Å². The molecule has 102 valence electrons. The van der Waals surface area contributed by atoms with Crippen LogP contribution in [-0.4, -0.2) is 22.2 Å². The molecule has 4 nitrogen and oxygen atoms in total. The summed E-state index contributed by atoms with van der Waals surface area (Å²) < 4.78 is 0. The maximum absolute atomic E-state index is 10.6. The smallest absolute Gasteiger partial charge is 1.00 e. The second kappa shape index (κ2) is 13.4. The van der Waals surface area contributed by atoms with E-state index >= 15 is 0 Å². The predicted octanol–water partition coefficient (Wildman–Crippen LogP) is 0.419. The van der Waals surface area contributed by atoms with Gasteiger partial charge in [0.1, 0.15) is 0 Å². The average Bonchev–Trinajstić information content (AvgIpc) is 2.26. The van der Waals surface area contributed by atoms with Gasteiger partial charge < -0.3 is 11.6 Å². The third kappa shape index (κ3) is 11.1. The van der Waals surface area contributed by atoms with Crippen molar-refractivity contribution in [3.05, 3.63) is 0 Å². The van der Waals surface area contributed by atoms with Crippen LogP contribution in [0.2, 0.25) is 0 Å². The Hall–Kier alpha value is -0.0600. The average molecular weight is 268 g/mol. The van der Waals surface area contributed by atoms with Crippen LogP contribution >= 0.6 is 0 Å². The van der Waals surface area contributed by atoms with E-state index in [1.165, 1.54) is 32.1 Å². The van der Waals surface area contributed by atoms with Gasteiger partial charge in [0.05, 0.1) is 0 Å². The number of unbranched alkanes of at least 4 members (excludes halogenated alkanes) is 7. The van der Waals surface area contributed by atoms with E-state index in [-0.39, 0.29) is 37.4 Å². The van der Waals surface area contributed by atoms with E-state index in [9.17, 15) is 9.59 Å². The van der Waals surface area contributed by atoms with Gasteiger partial charge >= 0.3 is 41.5 Å². The molecule has 0 fully saturated rings. The summed E-state index contributed by atoms with van der Waals surface area (Å²) in [5.41, 5.74) is 0. The summed E-state index contributed by atoms with van der Waals surface area (Å²) in [7, 11) is 0. The first-order chi connectivity index (χ1) is 8.09. The van der Waals surface area contributed by atoms with Crippen LogP contribution in [0.4, 0.5) is 0 Å². The van der Waals surface area contributed by atoms with Gasteiger partial charge in [0.2, 0.25) is 0 Å². The number of hydrogen-bond donors (Lipinski definition) is 2. The van der Waals surface area contributed by atoms with Gasteiger partial charge in [-0.05, 0) is 6.42 Å². The quantitative estimate of drug-likeness (QED) is 0.323. The number of carboxylic acid groups (broad SMARTS) is 2. The number of carboxylic acids is 2. The van der Waals surface area contributed by atoms with Crippen LogP contribution in [0, 0.1) is 5.92 Å². The Bertz CT molecular complexity index is 223. The van der Waals surface area contributed by atoms with Crippen molar-refractivity contribution in [3.63, 3.8) is 0 Å². The summed E-state index contributed by atoms with van der Waals surface area (Å²) in [6, 6.07) is 0. The molecule has 0 aliphatic rings. The van der Waals surface area contributed by atoms with E-state index in [0.717, 1.165) is 12.8 Å². The zero-order chi connectivity index (χ0) is 13.1. The van der Waals surface area contributed by atoms with Gasteiger partial charge in [0.25, 0.3) is 0 Å². The Labute approximate surface area is 133 Å². The minimum atomic E-state index is -1.23. The van der Waals surface area contributed by atoms with Crippen molar-refractivity contribution >= 4 is 11.9 Å². The second-order valence-electron chi connectivity index (χ2n) is 4.49. The van der Waals surface area contributed by atoms with Crippen LogP contribution in [-0.2, 0) is 9.59 Å². The molecule has 0 aliphatic carbocycles. The van der Waals surface area contributed by atoms with E-state index in [4.69, 9.17) is 10.2 Å². The molecule has 0 aromatic carbocycles. The summed E-state index contributed by atoms with van der Waals surface area (Å²) in [5, 5.41) is 17.3. The molecule has 0 aliphatic heterocycles. The first kappa shape index (κ1) is 20.3. The van der Waals surface area contributed by atoms with E-state index in [1.54, 1.807) is 0 Å². The SMILES string of the molecule is CCCCCCCCCCC(C(=O)O)C(=O)O.[H-].[Na+]. The summed E-state index contributed by atoms with van der Waals surface area (Å²) in [6.07, 6.45) is 9.14. The molecular formula is C13H25NaO4. The predicted molar refractivity (Wildman–Crippen MR) is 67.1 cm³/mol. The third-order valence-corrected chi connectivity index (χ3v) is 2.94. The topological polar surface area (TPSA) is 74.6 Å². The van der Waals surface area contributed by atoms with Crippen molar-refractivity contribution in [2.75, 3.05) is 0 Å². The van der Waals surface area contributed by atoms with E-state index in [2.05, 4.69) is 6.92 Å². The molecule has 18 heavy (non-hydrogen) atoms. The summed E-state index contributed by atoms with van der Waals surface area (Å²) in [6.45, 7) is 2.18. The zero-order valence-corrected chi connectivity index (χ0v) is 13.7. The van der Waals surface area contributed by atoms with Gasteiger partial charge in [-0.3, -0.25) is 9.59 Å². The van der Waals surface area contributed by atoms with Crippen LogP contribution < -0.4 is 29.6 Å². The van der Waals surface area contributed by atoms with Crippen LogP contribution in [0.25, 0.3) is 0 Å². The molecule has 0 aromatic rings. The molecule has 0 heterocycles. The number of hydrogen-bond acceptors (Lipinski definition) is 2. The van der Waals surface area contributed by atoms with Gasteiger partial charge in [-0.15, -0.1) is 0 Å². The second-order valence-corrected chi connectivity index (χ2v) is 4.49. The summed E-state index contributed by atoms with van der Waals surface area (Å²) >= 11 is 0. The van der Waals surface area contributed by atoms with Crippen LogP contribution in [0.1, 0.15) is 66.1 Å². The Balaban J connectivity index is -0.00000128. The first-order valence-electron chi connectivity index (χ1n) is 6.55. The van der Waals surface area contributed by atoms with Crippen LogP contribution in [0.5, 0.6) is 0 Å². The van der Waals surface area contributed by atoms with Crippen molar-refractivity contribution < 1.29 is 50.8 Å². The fraction of sp³-hybridized carbons (Fsp3) is 0.846. The number of rotatable bonds is 11. The monoisotopic (exact) mass is 268 g/mol. The molecule has 0 amide bonds. The molecule has 0 saturated carbocycles. The fourth-order valence-corrected chi connectivity index (χ4v) is 1.83. The van der Waals surface area contributed by atoms with Crippen molar-refractivity contribution in [2.45, 2.75) is 64.7 Å². The number of carbonyl (C=O) groups is 2. The maximum atomic E-state index is 10.6. The molecule has 0 radical (unpaired) electrons. The fourth-order valence-electron chi connectivity index (χ4n) is 1.83. The zero-order valence-electron chi connectivity index (χ0n) is 12.7. The molecule has 0 atom stereocenters. The standard InChI is InChI=1S/C13H24O4.Na.H/c1-2-3-4-5-6-7-8-9-10-11(12(14)15)13(16)17;;/h11H,2-10H2,1H3,(H,14,15)(H,16,17);;/q;+1;-1. The Morgan fingerprint density at radius 1 is 0.889 bits per heavy atom. The third-order valence-electron chi connectivity index (χ3n) is 2.94. The molecule has 5 heteroatoms. The molecular weight excluding hydrogens is 243 g/mol. The Morgan fingerprint density at radius 2 is 1.28 bits per heavy atom. The molecule has 0 rings (SSSR count). The van der Waals surface area contributed by atoms with Crippen molar-refractivity contribution in [2.24, 2.45) is 5.92 Å². The van der Waals surface area contributed by atoms with Gasteiger partial charge in [0, 0.05) is 0 Å². The minimum Gasteiger partial charge on any atom is -1.00 e. The molecule has 0 aromatic heterocycles. The maximum Gasteiger partial charge on any atom is 1.00 e. The van der Waals surface area contributed by atoms with Gasteiger partial charge in [-0.25, -0.2) is 0 Å². The van der Waals surface area contributed by atoms with Crippen molar-refractivity contribution in [1.82, 2.24) is 0 Å². The van der Waals surface area contributed by atoms with E-state index in [1.807, 2.05) is 0 Å². The normalized spacial score (nSPS) is 10.1. The first-order valence-corrected chi connectivity index (χ1v) is 6.55. The largest absolute Gasteiger partial charge is 1.00 e. The summed E-state index contributed by atoms with van der Waals surface area (Å²) in [4.78, 5) is 21.2. The molecule has 0 saturated heterocycles. The summed E-state index contributed by atoms with van der Waals surface area (Å²) in [5.74, 6) is -3.67. The minimum absolute atomic E-state index is 0. The van der Waals surface area contributed by atoms with Gasteiger partial charge in [-0.1, -0.05) is 58.3 Å². The van der Waals surface area contributed by atoms with Crippen LogP contribution in [0.15, 0.2) is 0 Å². The van der Waals surface area contributed by atoms with E-state index in [0.29, 0.717) is 6.42 Å². The van der Waals surface area contributed by atoms with E-state index < -0.39 is 17.9 Å². The Kier molecular flexibility index (Phi) is 15.1. The Morgan fingerprint density at radius 3 is 1.67 bits per heavy atom.